The largest absolute Gasteiger partial charge is 0.366 e. The van der Waals surface area contributed by atoms with Crippen molar-refractivity contribution in [1.82, 2.24) is 19.6 Å². The lowest BCUT2D eigenvalue weighted by atomic mass is 10.0. The predicted molar refractivity (Wildman–Crippen MR) is 90.8 cm³/mol. The Morgan fingerprint density at radius 3 is 2.48 bits per heavy atom. The minimum absolute atomic E-state index is 0.279. The van der Waals surface area contributed by atoms with Crippen LogP contribution in [0.2, 0.25) is 0 Å². The van der Waals surface area contributed by atoms with E-state index in [9.17, 15) is 0 Å². The van der Waals surface area contributed by atoms with Gasteiger partial charge in [-0.3, -0.25) is 4.98 Å². The van der Waals surface area contributed by atoms with Gasteiger partial charge >= 0.3 is 0 Å². The molecule has 0 aliphatic rings. The summed E-state index contributed by atoms with van der Waals surface area (Å²) in [4.78, 5) is 8.43. The molecule has 0 amide bonds. The van der Waals surface area contributed by atoms with Crippen LogP contribution in [0, 0.1) is 6.92 Å². The maximum absolute atomic E-state index is 5.70. The van der Waals surface area contributed by atoms with Crippen LogP contribution >= 0.6 is 0 Å². The normalized spacial score (nSPS) is 11.0. The van der Waals surface area contributed by atoms with Gasteiger partial charge in [-0.1, -0.05) is 30.3 Å². The number of rotatable bonds is 2. The minimum atomic E-state index is 0.279. The number of hydrogen-bond acceptors (Lipinski definition) is 4. The van der Waals surface area contributed by atoms with Gasteiger partial charge in [-0.05, 0) is 42.3 Å². The van der Waals surface area contributed by atoms with Crippen LogP contribution in [0.25, 0.3) is 28.0 Å². The third-order valence-electron chi connectivity index (χ3n) is 3.79. The maximum Gasteiger partial charge on any atom is 0.240 e. The van der Waals surface area contributed by atoms with Gasteiger partial charge < -0.3 is 5.73 Å². The number of nitrogen functional groups attached to an aromatic ring is 1. The first-order chi connectivity index (χ1) is 11.2. The van der Waals surface area contributed by atoms with Crippen molar-refractivity contribution >= 4 is 11.6 Å². The quantitative estimate of drug-likeness (QED) is 0.616. The van der Waals surface area contributed by atoms with Gasteiger partial charge in [0.25, 0.3) is 0 Å². The van der Waals surface area contributed by atoms with Crippen LogP contribution < -0.4 is 5.73 Å². The van der Waals surface area contributed by atoms with Gasteiger partial charge in [-0.15, -0.1) is 5.10 Å². The second-order valence-electron chi connectivity index (χ2n) is 5.41. The molecule has 1 aromatic carbocycles. The fourth-order valence-electron chi connectivity index (χ4n) is 2.70. The molecule has 0 aliphatic carbocycles. The van der Waals surface area contributed by atoms with Gasteiger partial charge in [0, 0.05) is 17.5 Å². The second kappa shape index (κ2) is 5.21. The van der Waals surface area contributed by atoms with Crippen molar-refractivity contribution in [2.45, 2.75) is 6.92 Å². The van der Waals surface area contributed by atoms with Crippen molar-refractivity contribution in [3.63, 3.8) is 0 Å². The number of benzene rings is 1. The summed E-state index contributed by atoms with van der Waals surface area (Å²) >= 11 is 0. The number of aromatic nitrogens is 4. The van der Waals surface area contributed by atoms with Crippen molar-refractivity contribution in [2.24, 2.45) is 0 Å². The molecule has 0 atom stereocenters. The molecule has 23 heavy (non-hydrogen) atoms. The Morgan fingerprint density at radius 1 is 0.913 bits per heavy atom. The molecule has 0 spiro atoms. The van der Waals surface area contributed by atoms with Gasteiger partial charge in [-0.2, -0.15) is 4.98 Å². The summed E-state index contributed by atoms with van der Waals surface area (Å²) in [5, 5.41) is 4.26. The first-order valence-electron chi connectivity index (χ1n) is 7.35. The van der Waals surface area contributed by atoms with Crippen LogP contribution in [0.3, 0.4) is 0 Å². The SMILES string of the molecule is Cc1cc(-c2ccc(-c3cccc4nc(N)nn34)cc2)ccn1. The van der Waals surface area contributed by atoms with Crippen molar-refractivity contribution in [2.75, 3.05) is 5.73 Å². The van der Waals surface area contributed by atoms with Gasteiger partial charge in [0.05, 0.1) is 5.69 Å². The maximum atomic E-state index is 5.70. The van der Waals surface area contributed by atoms with E-state index in [-0.39, 0.29) is 5.95 Å². The molecule has 5 nitrogen and oxygen atoms in total. The summed E-state index contributed by atoms with van der Waals surface area (Å²) in [6.07, 6.45) is 1.83. The fourth-order valence-corrected chi connectivity index (χ4v) is 2.70. The first-order valence-corrected chi connectivity index (χ1v) is 7.35. The van der Waals surface area contributed by atoms with Crippen molar-refractivity contribution in [3.8, 4) is 22.4 Å². The first kappa shape index (κ1) is 13.5. The van der Waals surface area contributed by atoms with Gasteiger partial charge in [0.1, 0.15) is 0 Å². The highest BCUT2D eigenvalue weighted by molar-refractivity contribution is 5.70. The zero-order chi connectivity index (χ0) is 15.8. The lowest BCUT2D eigenvalue weighted by molar-refractivity contribution is 0.976. The van der Waals surface area contributed by atoms with E-state index in [0.717, 1.165) is 33.7 Å². The Kier molecular flexibility index (Phi) is 3.05. The molecule has 3 heterocycles. The van der Waals surface area contributed by atoms with Gasteiger partial charge in [0.15, 0.2) is 5.65 Å². The molecule has 0 radical (unpaired) electrons. The molecule has 5 heteroatoms. The van der Waals surface area contributed by atoms with E-state index in [2.05, 4.69) is 45.4 Å². The Labute approximate surface area is 133 Å². The lowest BCUT2D eigenvalue weighted by Gasteiger charge is -2.07. The standard InChI is InChI=1S/C18H15N5/c1-12-11-15(9-10-20-12)13-5-7-14(8-6-13)16-3-2-4-17-21-18(19)22-23(16)17/h2-11H,1H3,(H2,19,22). The van der Waals surface area contributed by atoms with Gasteiger partial charge in [-0.25, -0.2) is 4.52 Å². The highest BCUT2D eigenvalue weighted by atomic mass is 15.3. The molecule has 0 fully saturated rings. The number of nitrogens with zero attached hydrogens (tertiary/aromatic N) is 4. The van der Waals surface area contributed by atoms with Crippen LogP contribution in [-0.4, -0.2) is 19.6 Å². The Morgan fingerprint density at radius 2 is 1.70 bits per heavy atom. The number of aryl methyl sites for hydroxylation is 1. The molecule has 0 saturated heterocycles. The number of fused-ring (bicyclic) bond motifs is 1. The van der Waals surface area contributed by atoms with E-state index in [1.807, 2.05) is 37.4 Å². The number of hydrogen-bond donors (Lipinski definition) is 1. The van der Waals surface area contributed by atoms with E-state index in [0.29, 0.717) is 0 Å². The molecule has 4 aromatic rings. The fraction of sp³-hybridized carbons (Fsp3) is 0.0556. The second-order valence-corrected chi connectivity index (χ2v) is 5.41. The molecule has 0 bridgehead atoms. The third-order valence-corrected chi connectivity index (χ3v) is 3.79. The summed E-state index contributed by atoms with van der Waals surface area (Å²) in [5.74, 6) is 0.279. The number of anilines is 1. The van der Waals surface area contributed by atoms with Crippen LogP contribution in [-0.2, 0) is 0 Å². The Bertz CT molecular complexity index is 986. The summed E-state index contributed by atoms with van der Waals surface area (Å²) in [6, 6.07) is 18.3. The zero-order valence-corrected chi connectivity index (χ0v) is 12.6. The summed E-state index contributed by atoms with van der Waals surface area (Å²) < 4.78 is 1.76. The van der Waals surface area contributed by atoms with Crippen LogP contribution in [0.4, 0.5) is 5.95 Å². The molecule has 3 aromatic heterocycles. The molecular formula is C18H15N5. The van der Waals surface area contributed by atoms with Crippen molar-refractivity contribution < 1.29 is 0 Å². The average Bonchev–Trinajstić information content (AvgIpc) is 2.95. The average molecular weight is 301 g/mol. The molecule has 0 aliphatic heterocycles. The zero-order valence-electron chi connectivity index (χ0n) is 12.6. The van der Waals surface area contributed by atoms with E-state index < -0.39 is 0 Å². The summed E-state index contributed by atoms with van der Waals surface area (Å²) in [5.41, 5.74) is 11.8. The van der Waals surface area contributed by atoms with Gasteiger partial charge in [0.2, 0.25) is 5.95 Å². The summed E-state index contributed by atoms with van der Waals surface area (Å²) in [6.45, 7) is 1.99. The highest BCUT2D eigenvalue weighted by Crippen LogP contribution is 2.25. The smallest absolute Gasteiger partial charge is 0.240 e. The summed E-state index contributed by atoms with van der Waals surface area (Å²) in [7, 11) is 0. The van der Waals surface area contributed by atoms with E-state index in [1.165, 1.54) is 0 Å². The van der Waals surface area contributed by atoms with E-state index >= 15 is 0 Å². The Balaban J connectivity index is 1.78. The van der Waals surface area contributed by atoms with Crippen molar-refractivity contribution in [3.05, 3.63) is 66.5 Å². The monoisotopic (exact) mass is 301 g/mol. The molecule has 0 saturated carbocycles. The van der Waals surface area contributed by atoms with Crippen molar-refractivity contribution in [1.29, 1.82) is 0 Å². The minimum Gasteiger partial charge on any atom is -0.366 e. The number of nitrogens with two attached hydrogens (primary N) is 1. The highest BCUT2D eigenvalue weighted by Gasteiger charge is 2.07. The lowest BCUT2D eigenvalue weighted by Crippen LogP contribution is -1.94. The number of pyridine rings is 2. The van der Waals surface area contributed by atoms with E-state index in [4.69, 9.17) is 5.73 Å². The molecule has 0 unspecified atom stereocenters. The molecule has 112 valence electrons. The third kappa shape index (κ3) is 2.42. The topological polar surface area (TPSA) is 69.1 Å². The van der Waals surface area contributed by atoms with E-state index in [1.54, 1.807) is 4.52 Å². The predicted octanol–water partition coefficient (Wildman–Crippen LogP) is 3.35. The van der Waals surface area contributed by atoms with Crippen LogP contribution in [0.5, 0.6) is 0 Å². The molecule has 4 rings (SSSR count). The van der Waals surface area contributed by atoms with Crippen LogP contribution in [0.1, 0.15) is 5.69 Å². The Hall–Kier alpha value is -3.21. The molecular weight excluding hydrogens is 286 g/mol. The molecule has 2 N–H and O–H groups in total. The van der Waals surface area contributed by atoms with Crippen LogP contribution in [0.15, 0.2) is 60.8 Å².